The lowest BCUT2D eigenvalue weighted by atomic mass is 10.1. The van der Waals surface area contributed by atoms with Gasteiger partial charge < -0.3 is 10.1 Å². The average molecular weight is 374 g/mol. The Morgan fingerprint density at radius 2 is 1.91 bits per heavy atom. The second-order valence-corrected chi connectivity index (χ2v) is 6.48. The van der Waals surface area contributed by atoms with Crippen molar-refractivity contribution in [2.24, 2.45) is 5.92 Å². The Kier molecular flexibility index (Phi) is 4.48. The van der Waals surface area contributed by atoms with Crippen LogP contribution in [0.1, 0.15) is 28.3 Å². The molecule has 1 aliphatic carbocycles. The molecular weight excluding hydrogens is 358 g/mol. The van der Waals surface area contributed by atoms with Gasteiger partial charge in [0.1, 0.15) is 0 Å². The molecular formula is C18H16BrNO3. The van der Waals surface area contributed by atoms with E-state index < -0.39 is 5.97 Å². The topological polar surface area (TPSA) is 55.4 Å². The summed E-state index contributed by atoms with van der Waals surface area (Å²) >= 11 is 3.41. The fourth-order valence-electron chi connectivity index (χ4n) is 2.64. The molecule has 0 saturated heterocycles. The number of anilines is 1. The van der Waals surface area contributed by atoms with Crippen LogP contribution in [-0.2, 0) is 9.53 Å². The predicted molar refractivity (Wildman–Crippen MR) is 91.4 cm³/mol. The van der Waals surface area contributed by atoms with Gasteiger partial charge >= 0.3 is 5.97 Å². The van der Waals surface area contributed by atoms with Gasteiger partial charge in [0.05, 0.1) is 12.7 Å². The van der Waals surface area contributed by atoms with Crippen LogP contribution in [0, 0.1) is 5.92 Å². The van der Waals surface area contributed by atoms with E-state index in [2.05, 4.69) is 26.0 Å². The van der Waals surface area contributed by atoms with Crippen LogP contribution in [0.5, 0.6) is 0 Å². The van der Waals surface area contributed by atoms with Gasteiger partial charge in [-0.1, -0.05) is 34.1 Å². The Morgan fingerprint density at radius 1 is 1.17 bits per heavy atom. The summed E-state index contributed by atoms with van der Waals surface area (Å²) < 4.78 is 5.72. The molecule has 1 aliphatic rings. The maximum Gasteiger partial charge on any atom is 0.337 e. The molecule has 0 heterocycles. The van der Waals surface area contributed by atoms with Crippen molar-refractivity contribution in [2.45, 2.75) is 12.3 Å². The number of ether oxygens (including phenoxy) is 1. The highest BCUT2D eigenvalue weighted by Crippen LogP contribution is 2.48. The molecule has 118 valence electrons. The van der Waals surface area contributed by atoms with Gasteiger partial charge in [-0.05, 0) is 48.2 Å². The minimum atomic E-state index is -0.416. The second-order valence-electron chi connectivity index (χ2n) is 5.56. The quantitative estimate of drug-likeness (QED) is 0.824. The standard InChI is InChI=1S/C18H16BrNO3/c1-23-18(22)12-3-2-4-14(9-12)20-17(21)16-10-15(16)11-5-7-13(19)8-6-11/h2-9,15-16H,10H2,1H3,(H,20,21). The first-order valence-corrected chi connectivity index (χ1v) is 8.12. The van der Waals surface area contributed by atoms with Crippen LogP contribution in [0.4, 0.5) is 5.69 Å². The first kappa shape index (κ1) is 15.7. The lowest BCUT2D eigenvalue weighted by Crippen LogP contribution is -2.15. The molecule has 0 spiro atoms. The van der Waals surface area contributed by atoms with Crippen LogP contribution < -0.4 is 5.32 Å². The molecule has 1 saturated carbocycles. The lowest BCUT2D eigenvalue weighted by Gasteiger charge is -2.07. The van der Waals surface area contributed by atoms with E-state index in [9.17, 15) is 9.59 Å². The normalized spacial score (nSPS) is 19.0. The fourth-order valence-corrected chi connectivity index (χ4v) is 2.90. The molecule has 0 aromatic heterocycles. The van der Waals surface area contributed by atoms with Gasteiger partial charge in [-0.25, -0.2) is 4.79 Å². The molecule has 2 atom stereocenters. The Bertz CT molecular complexity index is 742. The van der Waals surface area contributed by atoms with Gasteiger partial charge in [0, 0.05) is 16.1 Å². The number of methoxy groups -OCH3 is 1. The Morgan fingerprint density at radius 3 is 2.61 bits per heavy atom. The van der Waals surface area contributed by atoms with Crippen LogP contribution in [0.25, 0.3) is 0 Å². The number of halogens is 1. The molecule has 1 N–H and O–H groups in total. The average Bonchev–Trinajstić information content (AvgIpc) is 3.36. The van der Waals surface area contributed by atoms with Crippen LogP contribution in [0.3, 0.4) is 0 Å². The zero-order chi connectivity index (χ0) is 16.4. The zero-order valence-electron chi connectivity index (χ0n) is 12.6. The van der Waals surface area contributed by atoms with Crippen molar-refractivity contribution >= 4 is 33.5 Å². The zero-order valence-corrected chi connectivity index (χ0v) is 14.2. The SMILES string of the molecule is COC(=O)c1cccc(NC(=O)C2CC2c2ccc(Br)cc2)c1. The van der Waals surface area contributed by atoms with Gasteiger partial charge in [0.25, 0.3) is 0 Å². The van der Waals surface area contributed by atoms with E-state index in [1.165, 1.54) is 12.7 Å². The molecule has 0 bridgehead atoms. The molecule has 1 fully saturated rings. The van der Waals surface area contributed by atoms with E-state index in [4.69, 9.17) is 0 Å². The van der Waals surface area contributed by atoms with Crippen LogP contribution in [0.15, 0.2) is 53.0 Å². The van der Waals surface area contributed by atoms with Gasteiger partial charge in [-0.15, -0.1) is 0 Å². The maximum absolute atomic E-state index is 12.3. The molecule has 23 heavy (non-hydrogen) atoms. The highest BCUT2D eigenvalue weighted by atomic mass is 79.9. The molecule has 5 heteroatoms. The van der Waals surface area contributed by atoms with Crippen molar-refractivity contribution < 1.29 is 14.3 Å². The van der Waals surface area contributed by atoms with E-state index in [1.54, 1.807) is 24.3 Å². The van der Waals surface area contributed by atoms with Gasteiger partial charge in [0.2, 0.25) is 5.91 Å². The molecule has 2 unspecified atom stereocenters. The number of amides is 1. The molecule has 4 nitrogen and oxygen atoms in total. The third-order valence-corrected chi connectivity index (χ3v) is 4.51. The second kappa shape index (κ2) is 6.54. The van der Waals surface area contributed by atoms with E-state index in [-0.39, 0.29) is 17.7 Å². The number of hydrogen-bond donors (Lipinski definition) is 1. The maximum atomic E-state index is 12.3. The van der Waals surface area contributed by atoms with E-state index in [0.29, 0.717) is 11.3 Å². The summed E-state index contributed by atoms with van der Waals surface area (Å²) in [5.41, 5.74) is 2.21. The highest BCUT2D eigenvalue weighted by molar-refractivity contribution is 9.10. The number of carbonyl (C=O) groups excluding carboxylic acids is 2. The lowest BCUT2D eigenvalue weighted by molar-refractivity contribution is -0.117. The highest BCUT2D eigenvalue weighted by Gasteiger charge is 2.43. The summed E-state index contributed by atoms with van der Waals surface area (Å²) in [4.78, 5) is 23.9. The number of carbonyl (C=O) groups is 2. The first-order valence-electron chi connectivity index (χ1n) is 7.33. The summed E-state index contributed by atoms with van der Waals surface area (Å²) in [5, 5.41) is 2.88. The Labute approximate surface area is 143 Å². The largest absolute Gasteiger partial charge is 0.465 e. The fraction of sp³-hybridized carbons (Fsp3) is 0.222. The van der Waals surface area contributed by atoms with E-state index >= 15 is 0 Å². The summed E-state index contributed by atoms with van der Waals surface area (Å²) in [6, 6.07) is 14.8. The Balaban J connectivity index is 1.64. The van der Waals surface area contributed by atoms with Gasteiger partial charge in [-0.2, -0.15) is 0 Å². The van der Waals surface area contributed by atoms with Gasteiger partial charge in [-0.3, -0.25) is 4.79 Å². The summed E-state index contributed by atoms with van der Waals surface area (Å²) in [6.45, 7) is 0. The van der Waals surface area contributed by atoms with Crippen LogP contribution in [0.2, 0.25) is 0 Å². The summed E-state index contributed by atoms with van der Waals surface area (Å²) in [7, 11) is 1.33. The minimum Gasteiger partial charge on any atom is -0.465 e. The number of rotatable bonds is 4. The molecule has 2 aromatic rings. The molecule has 3 rings (SSSR count). The molecule has 1 amide bonds. The molecule has 0 radical (unpaired) electrons. The number of nitrogens with one attached hydrogen (secondary N) is 1. The number of esters is 1. The number of hydrogen-bond acceptors (Lipinski definition) is 3. The Hall–Kier alpha value is -2.14. The third kappa shape index (κ3) is 3.62. The van der Waals surface area contributed by atoms with E-state index in [0.717, 1.165) is 10.9 Å². The monoisotopic (exact) mass is 373 g/mol. The van der Waals surface area contributed by atoms with Crippen LogP contribution in [-0.4, -0.2) is 19.0 Å². The van der Waals surface area contributed by atoms with E-state index in [1.807, 2.05) is 24.3 Å². The first-order chi connectivity index (χ1) is 11.1. The van der Waals surface area contributed by atoms with Crippen molar-refractivity contribution in [1.82, 2.24) is 0 Å². The third-order valence-electron chi connectivity index (χ3n) is 3.98. The molecule has 0 aliphatic heterocycles. The van der Waals surface area contributed by atoms with Crippen molar-refractivity contribution in [2.75, 3.05) is 12.4 Å². The van der Waals surface area contributed by atoms with Crippen LogP contribution >= 0.6 is 15.9 Å². The van der Waals surface area contributed by atoms with Crippen molar-refractivity contribution in [3.63, 3.8) is 0 Å². The summed E-state index contributed by atoms with van der Waals surface area (Å²) in [6.07, 6.45) is 0.851. The predicted octanol–water partition coefficient (Wildman–Crippen LogP) is 3.98. The van der Waals surface area contributed by atoms with Crippen molar-refractivity contribution in [1.29, 1.82) is 0 Å². The number of benzene rings is 2. The summed E-state index contributed by atoms with van der Waals surface area (Å²) in [5.74, 6) is -0.176. The smallest absolute Gasteiger partial charge is 0.337 e. The van der Waals surface area contributed by atoms with Gasteiger partial charge in [0.15, 0.2) is 0 Å². The van der Waals surface area contributed by atoms with Crippen molar-refractivity contribution in [3.05, 3.63) is 64.1 Å². The van der Waals surface area contributed by atoms with Crippen molar-refractivity contribution in [3.8, 4) is 0 Å². The molecule has 2 aromatic carbocycles. The minimum absolute atomic E-state index is 0.0139.